The zero-order valence-corrected chi connectivity index (χ0v) is 12.5. The van der Waals surface area contributed by atoms with E-state index in [0.717, 1.165) is 35.8 Å². The molecule has 1 aliphatic rings. The Morgan fingerprint density at radius 2 is 1.95 bits per heavy atom. The molecule has 2 heterocycles. The Morgan fingerprint density at radius 1 is 1.10 bits per heavy atom. The molecule has 100 valence electrons. The average Bonchev–Trinajstić information content (AvgIpc) is 2.84. The first-order valence-electron chi connectivity index (χ1n) is 6.82. The molecular weight excluding hydrogens is 314 g/mol. The van der Waals surface area contributed by atoms with Gasteiger partial charge in [-0.15, -0.1) is 0 Å². The maximum Gasteiger partial charge on any atom is 0.204 e. The number of imidazole rings is 1. The zero-order valence-electron chi connectivity index (χ0n) is 10.9. The second kappa shape index (κ2) is 4.63. The van der Waals surface area contributed by atoms with Crippen LogP contribution in [0.4, 0.5) is 5.95 Å². The molecule has 0 amide bonds. The highest BCUT2D eigenvalue weighted by Crippen LogP contribution is 2.36. The van der Waals surface area contributed by atoms with E-state index < -0.39 is 0 Å². The minimum absolute atomic E-state index is 0.964. The van der Waals surface area contributed by atoms with Crippen LogP contribution in [0.2, 0.25) is 0 Å². The summed E-state index contributed by atoms with van der Waals surface area (Å²) in [6, 6.07) is 14.8. The predicted molar refractivity (Wildman–Crippen MR) is 86.0 cm³/mol. The van der Waals surface area contributed by atoms with Crippen LogP contribution in [0.1, 0.15) is 6.42 Å². The Hall–Kier alpha value is -1.81. The molecule has 2 aromatic carbocycles. The molecule has 0 fully saturated rings. The highest BCUT2D eigenvalue weighted by molar-refractivity contribution is 9.10. The first-order chi connectivity index (χ1) is 9.84. The highest BCUT2D eigenvalue weighted by Gasteiger charge is 2.19. The van der Waals surface area contributed by atoms with E-state index in [9.17, 15) is 0 Å². The number of aromatic nitrogens is 2. The molecule has 20 heavy (non-hydrogen) atoms. The first-order valence-corrected chi connectivity index (χ1v) is 7.62. The van der Waals surface area contributed by atoms with Crippen LogP contribution in [-0.4, -0.2) is 16.1 Å². The van der Waals surface area contributed by atoms with Gasteiger partial charge in [-0.25, -0.2) is 4.98 Å². The summed E-state index contributed by atoms with van der Waals surface area (Å²) in [7, 11) is 0. The standard InChI is InChI=1S/C16H14BrN3/c17-15-14(19-16-18-9-4-10-20(15)16)13-8-3-6-11-5-1-2-7-12(11)13/h1-3,5-8H,4,9-10H2,(H,18,19). The zero-order chi connectivity index (χ0) is 13.5. The van der Waals surface area contributed by atoms with E-state index in [2.05, 4.69) is 68.3 Å². The normalized spacial score (nSPS) is 14.1. The van der Waals surface area contributed by atoms with Gasteiger partial charge in [0.1, 0.15) is 10.3 Å². The Labute approximate surface area is 125 Å². The summed E-state index contributed by atoms with van der Waals surface area (Å²) < 4.78 is 3.27. The van der Waals surface area contributed by atoms with Crippen molar-refractivity contribution in [2.45, 2.75) is 13.0 Å². The van der Waals surface area contributed by atoms with Crippen LogP contribution in [0.25, 0.3) is 22.0 Å². The molecule has 0 spiro atoms. The van der Waals surface area contributed by atoms with Crippen molar-refractivity contribution in [2.75, 3.05) is 11.9 Å². The minimum Gasteiger partial charge on any atom is -0.356 e. The number of halogens is 1. The van der Waals surface area contributed by atoms with E-state index in [0.29, 0.717) is 0 Å². The summed E-state index contributed by atoms with van der Waals surface area (Å²) in [5.41, 5.74) is 2.20. The fraction of sp³-hybridized carbons (Fsp3) is 0.188. The molecule has 0 saturated carbocycles. The Kier molecular flexibility index (Phi) is 2.77. The molecule has 0 unspecified atom stereocenters. The lowest BCUT2D eigenvalue weighted by molar-refractivity contribution is 0.618. The number of hydrogen-bond donors (Lipinski definition) is 1. The van der Waals surface area contributed by atoms with Gasteiger partial charge in [-0.05, 0) is 33.1 Å². The van der Waals surface area contributed by atoms with Gasteiger partial charge in [0, 0.05) is 18.7 Å². The van der Waals surface area contributed by atoms with Crippen molar-refractivity contribution >= 4 is 32.7 Å². The van der Waals surface area contributed by atoms with Gasteiger partial charge in [-0.2, -0.15) is 0 Å². The molecule has 0 bridgehead atoms. The average molecular weight is 328 g/mol. The van der Waals surface area contributed by atoms with E-state index in [1.807, 2.05) is 0 Å². The van der Waals surface area contributed by atoms with Crippen molar-refractivity contribution < 1.29 is 0 Å². The molecule has 0 saturated heterocycles. The van der Waals surface area contributed by atoms with E-state index >= 15 is 0 Å². The van der Waals surface area contributed by atoms with Crippen LogP contribution in [0.5, 0.6) is 0 Å². The molecule has 1 aliphatic heterocycles. The molecule has 1 N–H and O–H groups in total. The van der Waals surface area contributed by atoms with Crippen LogP contribution in [0, 0.1) is 0 Å². The van der Waals surface area contributed by atoms with Crippen molar-refractivity contribution in [3.05, 3.63) is 47.1 Å². The van der Waals surface area contributed by atoms with Gasteiger partial charge in [-0.1, -0.05) is 42.5 Å². The van der Waals surface area contributed by atoms with Crippen LogP contribution in [-0.2, 0) is 6.54 Å². The lowest BCUT2D eigenvalue weighted by atomic mass is 10.0. The second-order valence-corrected chi connectivity index (χ2v) is 5.78. The molecule has 0 atom stereocenters. The Balaban J connectivity index is 1.98. The summed E-state index contributed by atoms with van der Waals surface area (Å²) >= 11 is 3.72. The largest absolute Gasteiger partial charge is 0.356 e. The maximum absolute atomic E-state index is 4.78. The number of nitrogens with one attached hydrogen (secondary N) is 1. The molecule has 4 rings (SSSR count). The van der Waals surface area contributed by atoms with E-state index in [1.165, 1.54) is 16.3 Å². The van der Waals surface area contributed by atoms with E-state index in [4.69, 9.17) is 4.98 Å². The molecule has 0 aliphatic carbocycles. The van der Waals surface area contributed by atoms with Crippen LogP contribution < -0.4 is 5.32 Å². The van der Waals surface area contributed by atoms with Crippen molar-refractivity contribution in [3.63, 3.8) is 0 Å². The van der Waals surface area contributed by atoms with Crippen molar-refractivity contribution in [1.82, 2.24) is 9.55 Å². The number of nitrogens with zero attached hydrogens (tertiary/aromatic N) is 2. The smallest absolute Gasteiger partial charge is 0.204 e. The number of benzene rings is 2. The van der Waals surface area contributed by atoms with Gasteiger partial charge in [0.25, 0.3) is 0 Å². The second-order valence-electron chi connectivity index (χ2n) is 5.03. The van der Waals surface area contributed by atoms with Gasteiger partial charge in [0.2, 0.25) is 5.95 Å². The Morgan fingerprint density at radius 3 is 2.85 bits per heavy atom. The van der Waals surface area contributed by atoms with Crippen molar-refractivity contribution in [2.24, 2.45) is 0 Å². The molecular formula is C16H14BrN3. The highest BCUT2D eigenvalue weighted by atomic mass is 79.9. The molecule has 4 heteroatoms. The van der Waals surface area contributed by atoms with E-state index in [-0.39, 0.29) is 0 Å². The van der Waals surface area contributed by atoms with Gasteiger partial charge >= 0.3 is 0 Å². The third-order valence-electron chi connectivity index (χ3n) is 3.79. The summed E-state index contributed by atoms with van der Waals surface area (Å²) in [6.45, 7) is 2.01. The fourth-order valence-corrected chi connectivity index (χ4v) is 3.46. The number of hydrogen-bond acceptors (Lipinski definition) is 2. The third-order valence-corrected chi connectivity index (χ3v) is 4.60. The van der Waals surface area contributed by atoms with Gasteiger partial charge in [0.05, 0.1) is 0 Å². The molecule has 0 radical (unpaired) electrons. The van der Waals surface area contributed by atoms with E-state index in [1.54, 1.807) is 0 Å². The Bertz CT molecular complexity index is 786. The monoisotopic (exact) mass is 327 g/mol. The number of anilines is 1. The van der Waals surface area contributed by atoms with Crippen molar-refractivity contribution in [3.8, 4) is 11.3 Å². The van der Waals surface area contributed by atoms with Crippen LogP contribution in [0.3, 0.4) is 0 Å². The van der Waals surface area contributed by atoms with Gasteiger partial charge in [-0.3, -0.25) is 0 Å². The summed E-state index contributed by atoms with van der Waals surface area (Å²) in [5, 5.41) is 5.85. The minimum atomic E-state index is 0.964. The first kappa shape index (κ1) is 12.0. The summed E-state index contributed by atoms with van der Waals surface area (Å²) in [5.74, 6) is 0.964. The predicted octanol–water partition coefficient (Wildman–Crippen LogP) is 4.28. The third kappa shape index (κ3) is 1.75. The SMILES string of the molecule is Brc1c(-c2cccc3ccccc23)nc2n1CCCN2. The molecule has 1 aromatic heterocycles. The fourth-order valence-electron chi connectivity index (χ4n) is 2.81. The van der Waals surface area contributed by atoms with Gasteiger partial charge in [0.15, 0.2) is 0 Å². The summed E-state index contributed by atoms with van der Waals surface area (Å²) in [6.07, 6.45) is 1.14. The molecule has 3 nitrogen and oxygen atoms in total. The lowest BCUT2D eigenvalue weighted by Crippen LogP contribution is -2.17. The topological polar surface area (TPSA) is 29.9 Å². The maximum atomic E-state index is 4.78. The van der Waals surface area contributed by atoms with Crippen molar-refractivity contribution in [1.29, 1.82) is 0 Å². The molecule has 3 aromatic rings. The summed E-state index contributed by atoms with van der Waals surface area (Å²) in [4.78, 5) is 4.78. The lowest BCUT2D eigenvalue weighted by Gasteiger charge is -2.15. The number of rotatable bonds is 1. The van der Waals surface area contributed by atoms with Crippen LogP contribution >= 0.6 is 15.9 Å². The van der Waals surface area contributed by atoms with Crippen LogP contribution in [0.15, 0.2) is 47.1 Å². The van der Waals surface area contributed by atoms with Gasteiger partial charge < -0.3 is 9.88 Å². The quantitative estimate of drug-likeness (QED) is 0.722. The number of fused-ring (bicyclic) bond motifs is 2.